The van der Waals surface area contributed by atoms with Crippen molar-refractivity contribution in [2.45, 2.75) is 30.4 Å². The number of anilines is 1. The summed E-state index contributed by atoms with van der Waals surface area (Å²) in [5.41, 5.74) is 1.58. The number of halogens is 1. The summed E-state index contributed by atoms with van der Waals surface area (Å²) in [6.07, 6.45) is 0.239. The lowest BCUT2D eigenvalue weighted by molar-refractivity contribution is -0.130. The Labute approximate surface area is 185 Å². The van der Waals surface area contributed by atoms with Crippen molar-refractivity contribution in [3.8, 4) is 0 Å². The summed E-state index contributed by atoms with van der Waals surface area (Å²) in [6, 6.07) is 11.2. The van der Waals surface area contributed by atoms with Gasteiger partial charge < -0.3 is 9.80 Å². The second kappa shape index (κ2) is 8.55. The zero-order valence-electron chi connectivity index (χ0n) is 17.4. The number of fused-ring (bicyclic) bond motifs is 1. The molecule has 4 rings (SSSR count). The molecule has 1 fully saturated rings. The van der Waals surface area contributed by atoms with E-state index < -0.39 is 15.1 Å². The molecule has 1 saturated heterocycles. The third-order valence-electron chi connectivity index (χ3n) is 5.47. The fraction of sp³-hybridized carbons (Fsp3) is 0.364. The number of aromatic nitrogens is 1. The highest BCUT2D eigenvalue weighted by Gasteiger charge is 2.24. The Kier molecular flexibility index (Phi) is 5.98. The zero-order chi connectivity index (χ0) is 22.2. The van der Waals surface area contributed by atoms with Crippen molar-refractivity contribution >= 4 is 42.4 Å². The minimum atomic E-state index is -3.31. The van der Waals surface area contributed by atoms with Crippen LogP contribution < -0.4 is 4.90 Å². The van der Waals surface area contributed by atoms with E-state index in [1.54, 1.807) is 44.2 Å². The van der Waals surface area contributed by atoms with Crippen LogP contribution in [0.3, 0.4) is 0 Å². The normalized spacial score (nSPS) is 15.1. The first-order valence-corrected chi connectivity index (χ1v) is 12.5. The van der Waals surface area contributed by atoms with Gasteiger partial charge >= 0.3 is 0 Å². The Morgan fingerprint density at radius 3 is 2.42 bits per heavy atom. The van der Waals surface area contributed by atoms with Gasteiger partial charge in [0.05, 0.1) is 26.8 Å². The van der Waals surface area contributed by atoms with Crippen LogP contribution in [0.1, 0.15) is 19.4 Å². The summed E-state index contributed by atoms with van der Waals surface area (Å²) in [5.74, 6) is -0.251. The van der Waals surface area contributed by atoms with E-state index in [4.69, 9.17) is 0 Å². The number of hydrogen-bond acceptors (Lipinski definition) is 6. The number of benzene rings is 2. The van der Waals surface area contributed by atoms with E-state index in [1.807, 2.05) is 4.90 Å². The van der Waals surface area contributed by atoms with E-state index in [-0.39, 0.29) is 23.0 Å². The van der Waals surface area contributed by atoms with Gasteiger partial charge in [0.2, 0.25) is 5.91 Å². The molecule has 0 atom stereocenters. The number of carbonyl (C=O) groups is 1. The fourth-order valence-corrected chi connectivity index (χ4v) is 5.63. The Hall–Kier alpha value is -2.52. The molecule has 0 unspecified atom stereocenters. The first-order chi connectivity index (χ1) is 14.7. The molecule has 2 heterocycles. The van der Waals surface area contributed by atoms with Crippen LogP contribution in [-0.2, 0) is 21.1 Å². The summed E-state index contributed by atoms with van der Waals surface area (Å²) >= 11 is 1.46. The largest absolute Gasteiger partial charge is 0.345 e. The van der Waals surface area contributed by atoms with E-state index in [0.717, 1.165) is 20.9 Å². The predicted octanol–water partition coefficient (Wildman–Crippen LogP) is 3.51. The van der Waals surface area contributed by atoms with E-state index in [9.17, 15) is 17.6 Å². The van der Waals surface area contributed by atoms with Gasteiger partial charge in [-0.1, -0.05) is 23.5 Å². The fourth-order valence-electron chi connectivity index (χ4n) is 3.52. The van der Waals surface area contributed by atoms with E-state index in [0.29, 0.717) is 26.2 Å². The molecule has 0 saturated carbocycles. The summed E-state index contributed by atoms with van der Waals surface area (Å²) < 4.78 is 38.7. The van der Waals surface area contributed by atoms with Crippen molar-refractivity contribution in [1.82, 2.24) is 9.88 Å². The molecule has 1 amide bonds. The number of hydrogen-bond donors (Lipinski definition) is 0. The van der Waals surface area contributed by atoms with Gasteiger partial charge in [0.15, 0.2) is 15.0 Å². The summed E-state index contributed by atoms with van der Waals surface area (Å²) in [6.45, 7) is 5.81. The molecule has 0 aliphatic carbocycles. The molecule has 0 radical (unpaired) electrons. The lowest BCUT2D eigenvalue weighted by Crippen LogP contribution is -2.49. The van der Waals surface area contributed by atoms with Crippen LogP contribution in [0.15, 0.2) is 47.4 Å². The lowest BCUT2D eigenvalue weighted by atomic mass is 10.1. The number of carbonyl (C=O) groups excluding carboxylic acids is 1. The molecule has 164 valence electrons. The van der Waals surface area contributed by atoms with Crippen LogP contribution in [0, 0.1) is 5.82 Å². The van der Waals surface area contributed by atoms with Gasteiger partial charge in [0.25, 0.3) is 0 Å². The molecule has 1 aliphatic rings. The molecular formula is C22H24FN3O3S2. The van der Waals surface area contributed by atoms with Crippen LogP contribution in [-0.4, -0.2) is 55.6 Å². The highest BCUT2D eigenvalue weighted by Crippen LogP contribution is 2.30. The maximum atomic E-state index is 13.4. The molecule has 31 heavy (non-hydrogen) atoms. The maximum absolute atomic E-state index is 13.4. The minimum absolute atomic E-state index is 0.0190. The second-order valence-electron chi connectivity index (χ2n) is 7.89. The lowest BCUT2D eigenvalue weighted by Gasteiger charge is -2.34. The van der Waals surface area contributed by atoms with Crippen molar-refractivity contribution in [3.05, 3.63) is 53.8 Å². The third-order valence-corrected chi connectivity index (χ3v) is 8.72. The van der Waals surface area contributed by atoms with Gasteiger partial charge in [-0.2, -0.15) is 0 Å². The minimum Gasteiger partial charge on any atom is -0.345 e. The predicted molar refractivity (Wildman–Crippen MR) is 121 cm³/mol. The molecule has 0 spiro atoms. The monoisotopic (exact) mass is 461 g/mol. The van der Waals surface area contributed by atoms with Crippen LogP contribution in [0.25, 0.3) is 10.2 Å². The Morgan fingerprint density at radius 2 is 1.77 bits per heavy atom. The quantitative estimate of drug-likeness (QED) is 0.582. The van der Waals surface area contributed by atoms with E-state index in [1.165, 1.54) is 23.5 Å². The maximum Gasteiger partial charge on any atom is 0.227 e. The van der Waals surface area contributed by atoms with E-state index in [2.05, 4.69) is 9.88 Å². The topological polar surface area (TPSA) is 70.6 Å². The first kappa shape index (κ1) is 21.7. The molecule has 1 aliphatic heterocycles. The third kappa shape index (κ3) is 4.57. The van der Waals surface area contributed by atoms with Gasteiger partial charge in [-0.3, -0.25) is 4.79 Å². The van der Waals surface area contributed by atoms with Gasteiger partial charge in [-0.25, -0.2) is 17.8 Å². The van der Waals surface area contributed by atoms with E-state index >= 15 is 0 Å². The van der Waals surface area contributed by atoms with Crippen molar-refractivity contribution in [2.24, 2.45) is 0 Å². The number of sulfone groups is 1. The summed E-state index contributed by atoms with van der Waals surface area (Å²) in [4.78, 5) is 21.5. The average Bonchev–Trinajstić information content (AvgIpc) is 3.17. The molecule has 3 aromatic rings. The summed E-state index contributed by atoms with van der Waals surface area (Å²) in [7, 11) is -3.31. The van der Waals surface area contributed by atoms with Crippen LogP contribution in [0.5, 0.6) is 0 Å². The van der Waals surface area contributed by atoms with Crippen molar-refractivity contribution in [1.29, 1.82) is 0 Å². The van der Waals surface area contributed by atoms with Gasteiger partial charge in [0.1, 0.15) is 5.82 Å². The molecule has 1 aromatic heterocycles. The number of rotatable bonds is 5. The first-order valence-electron chi connectivity index (χ1n) is 10.2. The molecule has 0 N–H and O–H groups in total. The molecule has 6 nitrogen and oxygen atoms in total. The second-order valence-corrected chi connectivity index (χ2v) is 11.4. The number of nitrogens with zero attached hydrogens (tertiary/aromatic N) is 3. The van der Waals surface area contributed by atoms with Crippen LogP contribution in [0.4, 0.5) is 9.52 Å². The molecule has 0 bridgehead atoms. The van der Waals surface area contributed by atoms with Crippen molar-refractivity contribution < 1.29 is 17.6 Å². The van der Waals surface area contributed by atoms with Gasteiger partial charge in [-0.05, 0) is 49.7 Å². The average molecular weight is 462 g/mol. The SMILES string of the molecule is CC(C)S(=O)(=O)c1ccc(CC(=O)N2CCN(c3nc4ccc(F)cc4s3)CC2)cc1. The molecule has 2 aromatic carbocycles. The van der Waals surface area contributed by atoms with Gasteiger partial charge in [0, 0.05) is 26.2 Å². The smallest absolute Gasteiger partial charge is 0.227 e. The van der Waals surface area contributed by atoms with Crippen LogP contribution >= 0.6 is 11.3 Å². The number of thiazole rings is 1. The van der Waals surface area contributed by atoms with Crippen molar-refractivity contribution in [3.63, 3.8) is 0 Å². The molecular weight excluding hydrogens is 437 g/mol. The highest BCUT2D eigenvalue weighted by molar-refractivity contribution is 7.92. The Morgan fingerprint density at radius 1 is 1.10 bits per heavy atom. The molecule has 9 heteroatoms. The Balaban J connectivity index is 1.36. The standard InChI is InChI=1S/C22H24FN3O3S2/c1-15(2)31(28,29)18-6-3-16(4-7-18)13-21(27)25-9-11-26(12-10-25)22-24-19-8-5-17(23)14-20(19)30-22/h3-8,14-15H,9-13H2,1-2H3. The van der Waals surface area contributed by atoms with Crippen LogP contribution in [0.2, 0.25) is 0 Å². The highest BCUT2D eigenvalue weighted by atomic mass is 32.2. The number of amides is 1. The number of piperazine rings is 1. The van der Waals surface area contributed by atoms with Crippen molar-refractivity contribution in [2.75, 3.05) is 31.1 Å². The summed E-state index contributed by atoms with van der Waals surface area (Å²) in [5, 5.41) is 0.361. The zero-order valence-corrected chi connectivity index (χ0v) is 19.0. The van der Waals surface area contributed by atoms with Gasteiger partial charge in [-0.15, -0.1) is 0 Å². The Bertz CT molecular complexity index is 1200.